The normalized spacial score (nSPS) is 15.6. The predicted molar refractivity (Wildman–Crippen MR) is 114 cm³/mol. The van der Waals surface area contributed by atoms with Crippen LogP contribution < -0.4 is 9.64 Å². The molecule has 0 unspecified atom stereocenters. The van der Waals surface area contributed by atoms with Crippen molar-refractivity contribution < 1.29 is 31.8 Å². The monoisotopic (exact) mass is 535 g/mol. The predicted octanol–water partition coefficient (Wildman–Crippen LogP) is 4.54. The summed E-state index contributed by atoms with van der Waals surface area (Å²) < 4.78 is 63.1. The third-order valence-electron chi connectivity index (χ3n) is 4.88. The molecule has 0 radical (unpaired) electrons. The number of amides is 2. The molecule has 16 heteroatoms. The van der Waals surface area contributed by atoms with Crippen LogP contribution in [0.2, 0.25) is 10.0 Å². The van der Waals surface area contributed by atoms with Crippen molar-refractivity contribution in [2.45, 2.75) is 25.5 Å². The fraction of sp³-hybridized carbons (Fsp3) is 0.316. The molecule has 1 aliphatic rings. The number of ether oxygens (including phenoxy) is 2. The number of halogens is 6. The van der Waals surface area contributed by atoms with Crippen molar-refractivity contribution in [2.24, 2.45) is 0 Å². The third-order valence-corrected chi connectivity index (χ3v) is 5.47. The number of alkyl halides is 4. The van der Waals surface area contributed by atoms with Gasteiger partial charge in [0, 0.05) is 18.5 Å². The van der Waals surface area contributed by atoms with Crippen molar-refractivity contribution >= 4 is 34.9 Å². The largest absolute Gasteiger partial charge is 0.461 e. The molecule has 3 heterocycles. The highest BCUT2D eigenvalue weighted by molar-refractivity contribution is 6.37. The van der Waals surface area contributed by atoms with Crippen LogP contribution in [0.15, 0.2) is 36.9 Å². The van der Waals surface area contributed by atoms with E-state index in [0.717, 1.165) is 17.0 Å². The molecule has 3 aromatic rings. The smallest absolute Gasteiger partial charge is 0.427 e. The molecule has 0 spiro atoms. The highest BCUT2D eigenvalue weighted by atomic mass is 35.5. The molecule has 2 aromatic heterocycles. The zero-order chi connectivity index (χ0) is 25.3. The van der Waals surface area contributed by atoms with E-state index in [9.17, 15) is 22.4 Å². The van der Waals surface area contributed by atoms with Gasteiger partial charge in [0.15, 0.2) is 5.82 Å². The van der Waals surface area contributed by atoms with E-state index in [1.807, 2.05) is 0 Å². The van der Waals surface area contributed by atoms with Gasteiger partial charge in [0.1, 0.15) is 25.5 Å². The molecule has 1 aliphatic heterocycles. The van der Waals surface area contributed by atoms with Crippen molar-refractivity contribution in [1.82, 2.24) is 29.6 Å². The molecule has 0 bridgehead atoms. The molecule has 1 aromatic carbocycles. The Balaban J connectivity index is 1.63. The van der Waals surface area contributed by atoms with E-state index in [-0.39, 0.29) is 30.1 Å². The number of hydrogen-bond acceptors (Lipinski definition) is 7. The molecule has 35 heavy (non-hydrogen) atoms. The van der Waals surface area contributed by atoms with Crippen LogP contribution in [-0.4, -0.2) is 61.7 Å². The maximum atomic E-state index is 13.5. The maximum absolute atomic E-state index is 13.5. The lowest BCUT2D eigenvalue weighted by Gasteiger charge is -2.38. The van der Waals surface area contributed by atoms with Gasteiger partial charge in [-0.25, -0.2) is 19.7 Å². The zero-order valence-electron chi connectivity index (χ0n) is 17.7. The van der Waals surface area contributed by atoms with Gasteiger partial charge < -0.3 is 9.47 Å². The number of carbonyl (C=O) groups excluding carboxylic acids is 1. The first-order chi connectivity index (χ1) is 16.6. The van der Waals surface area contributed by atoms with Gasteiger partial charge in [-0.2, -0.15) is 27.3 Å². The molecular weight excluding hydrogens is 521 g/mol. The molecule has 1 saturated heterocycles. The van der Waals surface area contributed by atoms with Crippen LogP contribution in [0.1, 0.15) is 18.8 Å². The lowest BCUT2D eigenvalue weighted by atomic mass is 10.2. The van der Waals surface area contributed by atoms with Gasteiger partial charge in [-0.1, -0.05) is 23.2 Å². The molecule has 10 nitrogen and oxygen atoms in total. The zero-order valence-corrected chi connectivity index (χ0v) is 19.2. The minimum absolute atomic E-state index is 0.130. The molecular formula is C19H15Cl2F4N7O3. The van der Waals surface area contributed by atoms with Gasteiger partial charge >= 0.3 is 18.6 Å². The Hall–Kier alpha value is -3.23. The molecule has 186 valence electrons. The van der Waals surface area contributed by atoms with Crippen LogP contribution in [0, 0.1) is 0 Å². The van der Waals surface area contributed by atoms with E-state index in [1.165, 1.54) is 28.3 Å². The minimum atomic E-state index is -4.82. The quantitative estimate of drug-likeness (QED) is 0.409. The Morgan fingerprint density at radius 2 is 1.83 bits per heavy atom. The summed E-state index contributed by atoms with van der Waals surface area (Å²) in [5, 5.41) is 3.51. The van der Waals surface area contributed by atoms with Gasteiger partial charge in [0.05, 0.1) is 21.8 Å². The lowest BCUT2D eigenvalue weighted by molar-refractivity contribution is -0.253. The van der Waals surface area contributed by atoms with Crippen LogP contribution in [0.3, 0.4) is 0 Å². The molecule has 0 aliphatic carbocycles. The van der Waals surface area contributed by atoms with Crippen LogP contribution in [0.4, 0.5) is 28.0 Å². The molecule has 4 rings (SSSR count). The van der Waals surface area contributed by atoms with Gasteiger partial charge in [-0.3, -0.25) is 9.80 Å². The number of anilines is 1. The van der Waals surface area contributed by atoms with Crippen LogP contribution in [-0.2, 0) is 4.74 Å². The Morgan fingerprint density at radius 1 is 1.11 bits per heavy atom. The van der Waals surface area contributed by atoms with Crippen molar-refractivity contribution in [1.29, 1.82) is 0 Å². The number of carbonyl (C=O) groups is 1. The van der Waals surface area contributed by atoms with E-state index in [2.05, 4.69) is 24.8 Å². The van der Waals surface area contributed by atoms with E-state index >= 15 is 0 Å². The molecule has 1 fully saturated rings. The average Bonchev–Trinajstić information content (AvgIpc) is 3.31. The van der Waals surface area contributed by atoms with Crippen LogP contribution in [0.25, 0.3) is 5.95 Å². The topological polar surface area (TPSA) is 98.5 Å². The van der Waals surface area contributed by atoms with Gasteiger partial charge in [-0.15, -0.1) is 0 Å². The lowest BCUT2D eigenvalue weighted by Crippen LogP contribution is -2.52. The van der Waals surface area contributed by atoms with Gasteiger partial charge in [0.25, 0.3) is 5.95 Å². The summed E-state index contributed by atoms with van der Waals surface area (Å²) in [6, 6.07) is 2.10. The number of rotatable bonds is 7. The molecule has 0 N–H and O–H groups in total. The fourth-order valence-electron chi connectivity index (χ4n) is 3.17. The first-order valence-electron chi connectivity index (χ1n) is 9.77. The second kappa shape index (κ2) is 9.79. The molecule has 1 atom stereocenters. The van der Waals surface area contributed by atoms with E-state index in [0.29, 0.717) is 5.82 Å². The Morgan fingerprint density at radius 3 is 2.51 bits per heavy atom. The van der Waals surface area contributed by atoms with Gasteiger partial charge in [-0.05, 0) is 19.1 Å². The fourth-order valence-corrected chi connectivity index (χ4v) is 3.69. The first kappa shape index (κ1) is 24.9. The first-order valence-corrected chi connectivity index (χ1v) is 10.5. The second-order valence-electron chi connectivity index (χ2n) is 7.10. The van der Waals surface area contributed by atoms with E-state index in [1.54, 1.807) is 13.0 Å². The molecule has 2 amide bonds. The standard InChI is InChI=1S/C19H15Cl2F4N7O3/c1-10(15-28-7-29-32(15)17-26-3-2-4-27-17)30-8-34-9-31(18(30)33)13-6-14(12(21)5-11(13)20)35-19(24,25)16(22)23/h2-7,10,16H,8-9H2,1H3/t10-/m0/s1. The summed E-state index contributed by atoms with van der Waals surface area (Å²) >= 11 is 12.0. The number of aromatic nitrogens is 5. The summed E-state index contributed by atoms with van der Waals surface area (Å²) in [7, 11) is 0. The van der Waals surface area contributed by atoms with Crippen molar-refractivity contribution in [2.75, 3.05) is 18.4 Å². The third kappa shape index (κ3) is 4.94. The number of benzene rings is 1. The number of hydrogen-bond donors (Lipinski definition) is 0. The number of nitrogens with zero attached hydrogens (tertiary/aromatic N) is 7. The summed E-state index contributed by atoms with van der Waals surface area (Å²) in [5.74, 6) is -0.273. The second-order valence-corrected chi connectivity index (χ2v) is 7.91. The summed E-state index contributed by atoms with van der Waals surface area (Å²) in [6.45, 7) is 1.18. The van der Waals surface area contributed by atoms with Crippen LogP contribution in [0.5, 0.6) is 5.75 Å². The van der Waals surface area contributed by atoms with E-state index in [4.69, 9.17) is 27.9 Å². The summed E-state index contributed by atoms with van der Waals surface area (Å²) in [4.78, 5) is 28.0. The Labute approximate surface area is 205 Å². The van der Waals surface area contributed by atoms with Crippen LogP contribution >= 0.6 is 23.2 Å². The van der Waals surface area contributed by atoms with E-state index < -0.39 is 35.4 Å². The highest BCUT2D eigenvalue weighted by Gasteiger charge is 2.45. The van der Waals surface area contributed by atoms with Crippen molar-refractivity contribution in [3.8, 4) is 11.7 Å². The van der Waals surface area contributed by atoms with Crippen molar-refractivity contribution in [3.05, 3.63) is 52.8 Å². The summed E-state index contributed by atoms with van der Waals surface area (Å²) in [6.07, 6.45) is -4.65. The Kier molecular flexibility index (Phi) is 6.96. The highest BCUT2D eigenvalue weighted by Crippen LogP contribution is 2.40. The minimum Gasteiger partial charge on any atom is -0.427 e. The average molecular weight is 536 g/mol. The molecule has 0 saturated carbocycles. The number of urea groups is 1. The maximum Gasteiger partial charge on any atom is 0.461 e. The van der Waals surface area contributed by atoms with Gasteiger partial charge in [0.2, 0.25) is 0 Å². The SMILES string of the molecule is C[C@@H](c1ncnn1-c1ncccn1)N1COCN(c2cc(OC(F)(F)C(F)F)c(Cl)cc2Cl)C1=O. The summed E-state index contributed by atoms with van der Waals surface area (Å²) in [5.41, 5.74) is -0.147. The Bertz CT molecular complexity index is 1220. The van der Waals surface area contributed by atoms with Crippen molar-refractivity contribution in [3.63, 3.8) is 0 Å².